The lowest BCUT2D eigenvalue weighted by Gasteiger charge is -2.08. The molecule has 0 radical (unpaired) electrons. The Bertz CT molecular complexity index is 850. The molecule has 0 spiro atoms. The number of aromatic nitrogens is 1. The van der Waals surface area contributed by atoms with Crippen molar-refractivity contribution in [3.63, 3.8) is 0 Å². The summed E-state index contributed by atoms with van der Waals surface area (Å²) in [5.74, 6) is -0.263. The number of rotatable bonds is 5. The minimum atomic E-state index is -0.263. The second-order valence-electron chi connectivity index (χ2n) is 5.68. The third-order valence-corrected chi connectivity index (χ3v) is 3.94. The number of hydrogen-bond donors (Lipinski definition) is 1. The molecule has 4 heteroatoms. The van der Waals surface area contributed by atoms with E-state index in [0.717, 1.165) is 27.6 Å². The summed E-state index contributed by atoms with van der Waals surface area (Å²) in [6, 6.07) is 16.0. The van der Waals surface area contributed by atoms with Gasteiger partial charge in [0, 0.05) is 22.0 Å². The molecule has 3 rings (SSSR count). The highest BCUT2D eigenvalue weighted by atomic mass is 16.6. The van der Waals surface area contributed by atoms with Crippen LogP contribution < -0.4 is 0 Å². The number of nitrogens with zero attached hydrogens (tertiary/aromatic N) is 1. The van der Waals surface area contributed by atoms with Gasteiger partial charge in [-0.25, -0.2) is 0 Å². The van der Waals surface area contributed by atoms with Crippen LogP contribution in [0.1, 0.15) is 22.6 Å². The van der Waals surface area contributed by atoms with E-state index in [1.165, 1.54) is 0 Å². The van der Waals surface area contributed by atoms with E-state index in [4.69, 9.17) is 0 Å². The number of fused-ring (bicyclic) bond motifs is 1. The molecule has 0 aliphatic rings. The van der Waals surface area contributed by atoms with Crippen LogP contribution in [0.2, 0.25) is 0 Å². The number of nitro groups is 1. The fraction of sp³-hybridized carbons (Fsp3) is 0.158. The molecule has 1 heterocycles. The van der Waals surface area contributed by atoms with E-state index in [2.05, 4.69) is 11.1 Å². The van der Waals surface area contributed by atoms with E-state index < -0.39 is 0 Å². The van der Waals surface area contributed by atoms with Gasteiger partial charge in [-0.2, -0.15) is 0 Å². The summed E-state index contributed by atoms with van der Waals surface area (Å²) in [6.45, 7) is 1.91. The standard InChI is InChI=1S/C19H18N2O2/c1-14-7-10-19-17(11-14)18(12-20-19)16(13-21(22)23)9-8-15-5-3-2-4-6-15/h2-12,16,20H,13H2,1H3/b9-8+. The molecule has 2 aromatic carbocycles. The summed E-state index contributed by atoms with van der Waals surface area (Å²) in [5.41, 5.74) is 4.15. The van der Waals surface area contributed by atoms with E-state index in [-0.39, 0.29) is 17.4 Å². The minimum absolute atomic E-state index is 0.121. The number of aryl methyl sites for hydroxylation is 1. The monoisotopic (exact) mass is 306 g/mol. The summed E-state index contributed by atoms with van der Waals surface area (Å²) >= 11 is 0. The zero-order chi connectivity index (χ0) is 16.2. The van der Waals surface area contributed by atoms with Crippen LogP contribution in [0.15, 0.2) is 60.8 Å². The predicted octanol–water partition coefficient (Wildman–Crippen LogP) is 4.55. The largest absolute Gasteiger partial charge is 0.361 e. The van der Waals surface area contributed by atoms with Crippen LogP contribution >= 0.6 is 0 Å². The molecular formula is C19H18N2O2. The van der Waals surface area contributed by atoms with Crippen LogP contribution in [-0.2, 0) is 0 Å². The Kier molecular flexibility index (Phi) is 4.24. The SMILES string of the molecule is Cc1ccc2[nH]cc(C(/C=C/c3ccccc3)C[N+](=O)[O-])c2c1. The third-order valence-electron chi connectivity index (χ3n) is 3.94. The summed E-state index contributed by atoms with van der Waals surface area (Å²) in [5, 5.41) is 12.1. The first-order chi connectivity index (χ1) is 11.1. The minimum Gasteiger partial charge on any atom is -0.361 e. The lowest BCUT2D eigenvalue weighted by atomic mass is 9.96. The van der Waals surface area contributed by atoms with Crippen molar-refractivity contribution in [2.75, 3.05) is 6.54 Å². The third kappa shape index (κ3) is 3.48. The maximum atomic E-state index is 11.1. The average molecular weight is 306 g/mol. The molecule has 1 aromatic heterocycles. The molecule has 1 unspecified atom stereocenters. The van der Waals surface area contributed by atoms with Gasteiger partial charge in [-0.05, 0) is 30.2 Å². The topological polar surface area (TPSA) is 58.9 Å². The maximum Gasteiger partial charge on any atom is 0.214 e. The van der Waals surface area contributed by atoms with Crippen molar-refractivity contribution >= 4 is 17.0 Å². The fourth-order valence-corrected chi connectivity index (χ4v) is 2.78. The van der Waals surface area contributed by atoms with Crippen molar-refractivity contribution in [3.8, 4) is 0 Å². The Morgan fingerprint density at radius 2 is 2.00 bits per heavy atom. The van der Waals surface area contributed by atoms with Gasteiger partial charge in [0.2, 0.25) is 6.54 Å². The van der Waals surface area contributed by atoms with Gasteiger partial charge < -0.3 is 4.98 Å². The summed E-state index contributed by atoms with van der Waals surface area (Å²) in [4.78, 5) is 14.0. The predicted molar refractivity (Wildman–Crippen MR) is 93.1 cm³/mol. The summed E-state index contributed by atoms with van der Waals surface area (Å²) in [6.07, 6.45) is 5.75. The molecule has 0 aliphatic carbocycles. The van der Waals surface area contributed by atoms with Gasteiger partial charge in [-0.15, -0.1) is 0 Å². The number of aromatic amines is 1. The van der Waals surface area contributed by atoms with Crippen LogP contribution in [0, 0.1) is 17.0 Å². The van der Waals surface area contributed by atoms with Crippen molar-refractivity contribution in [3.05, 3.63) is 87.6 Å². The van der Waals surface area contributed by atoms with Gasteiger partial charge in [0.1, 0.15) is 0 Å². The Hall–Kier alpha value is -2.88. The zero-order valence-corrected chi connectivity index (χ0v) is 12.9. The van der Waals surface area contributed by atoms with Gasteiger partial charge >= 0.3 is 0 Å². The van der Waals surface area contributed by atoms with Crippen LogP contribution in [0.4, 0.5) is 0 Å². The average Bonchev–Trinajstić information content (AvgIpc) is 2.95. The van der Waals surface area contributed by atoms with E-state index in [9.17, 15) is 10.1 Å². The molecule has 0 saturated heterocycles. The molecule has 0 amide bonds. The smallest absolute Gasteiger partial charge is 0.214 e. The lowest BCUT2D eigenvalue weighted by Crippen LogP contribution is -2.10. The second-order valence-corrected chi connectivity index (χ2v) is 5.68. The molecule has 1 N–H and O–H groups in total. The highest BCUT2D eigenvalue weighted by Crippen LogP contribution is 2.28. The summed E-state index contributed by atoms with van der Waals surface area (Å²) < 4.78 is 0. The highest BCUT2D eigenvalue weighted by molar-refractivity contribution is 5.84. The first-order valence-electron chi connectivity index (χ1n) is 7.56. The summed E-state index contributed by atoms with van der Waals surface area (Å²) in [7, 11) is 0. The van der Waals surface area contributed by atoms with Crippen molar-refractivity contribution in [2.24, 2.45) is 0 Å². The number of H-pyrrole nitrogens is 1. The maximum absolute atomic E-state index is 11.1. The van der Waals surface area contributed by atoms with Gasteiger partial charge in [0.15, 0.2) is 0 Å². The van der Waals surface area contributed by atoms with Crippen LogP contribution in [0.3, 0.4) is 0 Å². The Morgan fingerprint density at radius 3 is 2.74 bits per heavy atom. The van der Waals surface area contributed by atoms with Crippen molar-refractivity contribution in [1.82, 2.24) is 4.98 Å². The molecule has 23 heavy (non-hydrogen) atoms. The second kappa shape index (κ2) is 6.48. The van der Waals surface area contributed by atoms with Crippen molar-refractivity contribution in [1.29, 1.82) is 0 Å². The van der Waals surface area contributed by atoms with E-state index >= 15 is 0 Å². The number of benzene rings is 2. The number of hydrogen-bond acceptors (Lipinski definition) is 2. The Labute approximate surface area is 134 Å². The van der Waals surface area contributed by atoms with Crippen LogP contribution in [0.25, 0.3) is 17.0 Å². The molecule has 116 valence electrons. The molecule has 0 saturated carbocycles. The molecule has 4 nitrogen and oxygen atoms in total. The molecular weight excluding hydrogens is 288 g/mol. The van der Waals surface area contributed by atoms with Crippen molar-refractivity contribution < 1.29 is 4.92 Å². The first kappa shape index (κ1) is 15.0. The molecule has 1 atom stereocenters. The van der Waals surface area contributed by atoms with E-state index in [1.807, 2.05) is 67.7 Å². The Balaban J connectivity index is 1.99. The van der Waals surface area contributed by atoms with Gasteiger partial charge in [0.05, 0.1) is 5.92 Å². The first-order valence-corrected chi connectivity index (χ1v) is 7.56. The fourth-order valence-electron chi connectivity index (χ4n) is 2.78. The van der Waals surface area contributed by atoms with E-state index in [1.54, 1.807) is 0 Å². The zero-order valence-electron chi connectivity index (χ0n) is 12.9. The lowest BCUT2D eigenvalue weighted by molar-refractivity contribution is -0.481. The number of nitrogens with one attached hydrogen (secondary N) is 1. The van der Waals surface area contributed by atoms with Gasteiger partial charge in [-0.3, -0.25) is 10.1 Å². The molecule has 0 aliphatic heterocycles. The highest BCUT2D eigenvalue weighted by Gasteiger charge is 2.18. The molecule has 3 aromatic rings. The van der Waals surface area contributed by atoms with Gasteiger partial charge in [-0.1, -0.05) is 54.1 Å². The van der Waals surface area contributed by atoms with Crippen molar-refractivity contribution in [2.45, 2.75) is 12.8 Å². The van der Waals surface area contributed by atoms with Gasteiger partial charge in [0.25, 0.3) is 0 Å². The van der Waals surface area contributed by atoms with Crippen LogP contribution in [0.5, 0.6) is 0 Å². The molecule has 0 bridgehead atoms. The quantitative estimate of drug-likeness (QED) is 0.555. The molecule has 0 fully saturated rings. The van der Waals surface area contributed by atoms with Crippen LogP contribution in [-0.4, -0.2) is 16.5 Å². The van der Waals surface area contributed by atoms with E-state index in [0.29, 0.717) is 0 Å². The Morgan fingerprint density at radius 1 is 1.22 bits per heavy atom. The normalized spacial score (nSPS) is 12.7.